The van der Waals surface area contributed by atoms with Crippen molar-refractivity contribution in [1.82, 2.24) is 10.6 Å². The monoisotopic (exact) mass is 311 g/mol. The minimum Gasteiger partial charge on any atom is -0.337 e. The van der Waals surface area contributed by atoms with E-state index >= 15 is 0 Å². The van der Waals surface area contributed by atoms with Crippen molar-refractivity contribution < 1.29 is 9.00 Å². The number of rotatable bonds is 8. The van der Waals surface area contributed by atoms with Crippen molar-refractivity contribution in [3.63, 3.8) is 0 Å². The number of nitrogens with one attached hydrogen (secondary N) is 3. The van der Waals surface area contributed by atoms with Crippen molar-refractivity contribution in [1.29, 1.82) is 0 Å². The van der Waals surface area contributed by atoms with Gasteiger partial charge in [0.15, 0.2) is 0 Å². The summed E-state index contributed by atoms with van der Waals surface area (Å²) >= 11 is 0. The van der Waals surface area contributed by atoms with E-state index in [-0.39, 0.29) is 12.1 Å². The van der Waals surface area contributed by atoms with Gasteiger partial charge in [-0.2, -0.15) is 0 Å². The highest BCUT2D eigenvalue weighted by Gasteiger charge is 2.06. The molecule has 21 heavy (non-hydrogen) atoms. The van der Waals surface area contributed by atoms with Crippen LogP contribution in [-0.4, -0.2) is 34.8 Å². The Balaban J connectivity index is 2.48. The fourth-order valence-corrected chi connectivity index (χ4v) is 2.53. The van der Waals surface area contributed by atoms with E-state index in [0.717, 1.165) is 17.8 Å². The fraction of sp³-hybridized carbons (Fsp3) is 0.533. The highest BCUT2D eigenvalue weighted by atomic mass is 32.2. The Morgan fingerprint density at radius 3 is 2.76 bits per heavy atom. The van der Waals surface area contributed by atoms with E-state index in [1.807, 2.05) is 31.2 Å². The normalized spacial score (nSPS) is 13.5. The molecule has 0 saturated carbocycles. The molecule has 0 saturated heterocycles. The van der Waals surface area contributed by atoms with Crippen molar-refractivity contribution in [2.75, 3.05) is 29.9 Å². The van der Waals surface area contributed by atoms with Crippen molar-refractivity contribution in [3.05, 3.63) is 29.8 Å². The SMILES string of the molecule is CCNC(C)c1cccc(NC(=O)NCCS(=O)CC)c1. The average molecular weight is 311 g/mol. The van der Waals surface area contributed by atoms with Gasteiger partial charge in [0.05, 0.1) is 0 Å². The Morgan fingerprint density at radius 1 is 1.33 bits per heavy atom. The van der Waals surface area contributed by atoms with E-state index in [0.29, 0.717) is 18.1 Å². The summed E-state index contributed by atoms with van der Waals surface area (Å²) in [6.07, 6.45) is 0. The van der Waals surface area contributed by atoms with Crippen LogP contribution >= 0.6 is 0 Å². The topological polar surface area (TPSA) is 70.2 Å². The van der Waals surface area contributed by atoms with Gasteiger partial charge in [0.2, 0.25) is 0 Å². The van der Waals surface area contributed by atoms with E-state index < -0.39 is 10.8 Å². The molecule has 1 aromatic rings. The summed E-state index contributed by atoms with van der Waals surface area (Å²) < 4.78 is 11.3. The van der Waals surface area contributed by atoms with E-state index in [1.165, 1.54) is 0 Å². The van der Waals surface area contributed by atoms with Crippen molar-refractivity contribution >= 4 is 22.5 Å². The summed E-state index contributed by atoms with van der Waals surface area (Å²) in [4.78, 5) is 11.8. The van der Waals surface area contributed by atoms with Crippen LogP contribution in [-0.2, 0) is 10.8 Å². The first kappa shape index (κ1) is 17.7. The molecule has 2 amide bonds. The number of amides is 2. The van der Waals surface area contributed by atoms with Gasteiger partial charge in [-0.3, -0.25) is 4.21 Å². The molecular formula is C15H25N3O2S. The van der Waals surface area contributed by atoms with Crippen LogP contribution in [0.1, 0.15) is 32.4 Å². The maximum Gasteiger partial charge on any atom is 0.319 e. The predicted octanol–water partition coefficient (Wildman–Crippen LogP) is 2.25. The molecule has 0 aliphatic carbocycles. The zero-order chi connectivity index (χ0) is 15.7. The molecule has 0 aliphatic heterocycles. The molecule has 0 radical (unpaired) electrons. The first-order chi connectivity index (χ1) is 10.1. The maximum atomic E-state index is 11.8. The number of benzene rings is 1. The minimum absolute atomic E-state index is 0.242. The second kappa shape index (κ2) is 9.52. The molecule has 0 heterocycles. The van der Waals surface area contributed by atoms with Crippen LogP contribution in [0.5, 0.6) is 0 Å². The second-order valence-electron chi connectivity index (χ2n) is 4.72. The van der Waals surface area contributed by atoms with Crippen LogP contribution in [0, 0.1) is 0 Å². The van der Waals surface area contributed by atoms with Gasteiger partial charge in [0.25, 0.3) is 0 Å². The molecule has 0 bridgehead atoms. The second-order valence-corrected chi connectivity index (χ2v) is 6.58. The third kappa shape index (κ3) is 6.73. The summed E-state index contributed by atoms with van der Waals surface area (Å²) in [5.41, 5.74) is 1.88. The van der Waals surface area contributed by atoms with Gasteiger partial charge in [-0.25, -0.2) is 4.79 Å². The van der Waals surface area contributed by atoms with Crippen LogP contribution < -0.4 is 16.0 Å². The zero-order valence-corrected chi connectivity index (χ0v) is 13.8. The Labute approximate surface area is 129 Å². The first-order valence-electron chi connectivity index (χ1n) is 7.30. The van der Waals surface area contributed by atoms with E-state index in [2.05, 4.69) is 29.8 Å². The van der Waals surface area contributed by atoms with E-state index in [4.69, 9.17) is 0 Å². The number of anilines is 1. The van der Waals surface area contributed by atoms with E-state index in [9.17, 15) is 9.00 Å². The number of hydrogen-bond donors (Lipinski definition) is 3. The van der Waals surface area contributed by atoms with Gasteiger partial charge in [0, 0.05) is 40.6 Å². The molecule has 0 aromatic heterocycles. The Hall–Kier alpha value is -1.40. The van der Waals surface area contributed by atoms with Crippen LogP contribution in [0.2, 0.25) is 0 Å². The van der Waals surface area contributed by atoms with Crippen LogP contribution in [0.4, 0.5) is 10.5 Å². The lowest BCUT2D eigenvalue weighted by Crippen LogP contribution is -2.32. The lowest BCUT2D eigenvalue weighted by molar-refractivity contribution is 0.252. The Morgan fingerprint density at radius 2 is 2.10 bits per heavy atom. The third-order valence-corrected chi connectivity index (χ3v) is 4.40. The molecule has 3 N–H and O–H groups in total. The quantitative estimate of drug-likeness (QED) is 0.689. The molecule has 6 heteroatoms. The largest absolute Gasteiger partial charge is 0.337 e. The number of hydrogen-bond acceptors (Lipinski definition) is 3. The first-order valence-corrected chi connectivity index (χ1v) is 8.78. The van der Waals surface area contributed by atoms with Gasteiger partial charge in [-0.15, -0.1) is 0 Å². The van der Waals surface area contributed by atoms with Gasteiger partial charge in [-0.05, 0) is 31.2 Å². The molecular weight excluding hydrogens is 286 g/mol. The predicted molar refractivity (Wildman–Crippen MR) is 89.1 cm³/mol. The van der Waals surface area contributed by atoms with Crippen molar-refractivity contribution in [3.8, 4) is 0 Å². The molecule has 0 spiro atoms. The molecule has 2 atom stereocenters. The Bertz CT molecular complexity index is 480. The summed E-state index contributed by atoms with van der Waals surface area (Å²) in [5.74, 6) is 1.11. The molecule has 5 nitrogen and oxygen atoms in total. The number of carbonyl (C=O) groups excluding carboxylic acids is 1. The molecule has 2 unspecified atom stereocenters. The molecule has 118 valence electrons. The highest BCUT2D eigenvalue weighted by molar-refractivity contribution is 7.84. The lowest BCUT2D eigenvalue weighted by Gasteiger charge is -2.14. The van der Waals surface area contributed by atoms with Gasteiger partial charge in [0.1, 0.15) is 0 Å². The van der Waals surface area contributed by atoms with Gasteiger partial charge in [-0.1, -0.05) is 26.0 Å². The Kier molecular flexibility index (Phi) is 8.00. The van der Waals surface area contributed by atoms with Gasteiger partial charge < -0.3 is 16.0 Å². The van der Waals surface area contributed by atoms with Crippen molar-refractivity contribution in [2.24, 2.45) is 0 Å². The van der Waals surface area contributed by atoms with Crippen LogP contribution in [0.25, 0.3) is 0 Å². The molecule has 0 fully saturated rings. The molecule has 1 rings (SSSR count). The third-order valence-electron chi connectivity index (χ3n) is 3.09. The summed E-state index contributed by atoms with van der Waals surface area (Å²) in [6.45, 7) is 7.33. The van der Waals surface area contributed by atoms with Gasteiger partial charge >= 0.3 is 6.03 Å². The highest BCUT2D eigenvalue weighted by Crippen LogP contribution is 2.17. The number of urea groups is 1. The standard InChI is InChI=1S/C15H25N3O2S/c1-4-16-12(3)13-7-6-8-14(11-13)18-15(19)17-9-10-21(20)5-2/h6-8,11-12,16H,4-5,9-10H2,1-3H3,(H2,17,18,19). The summed E-state index contributed by atoms with van der Waals surface area (Å²) in [7, 11) is -0.853. The van der Waals surface area contributed by atoms with Crippen LogP contribution in [0.15, 0.2) is 24.3 Å². The average Bonchev–Trinajstić information content (AvgIpc) is 2.47. The summed E-state index contributed by atoms with van der Waals surface area (Å²) in [6, 6.07) is 7.73. The molecule has 1 aromatic carbocycles. The van der Waals surface area contributed by atoms with Crippen molar-refractivity contribution in [2.45, 2.75) is 26.8 Å². The lowest BCUT2D eigenvalue weighted by atomic mass is 10.1. The maximum absolute atomic E-state index is 11.8. The summed E-state index contributed by atoms with van der Waals surface area (Å²) in [5, 5.41) is 8.84. The fourth-order valence-electron chi connectivity index (χ4n) is 1.91. The smallest absolute Gasteiger partial charge is 0.319 e. The zero-order valence-electron chi connectivity index (χ0n) is 12.9. The molecule has 0 aliphatic rings. The minimum atomic E-state index is -0.853. The van der Waals surface area contributed by atoms with E-state index in [1.54, 1.807) is 0 Å². The number of carbonyl (C=O) groups is 1. The van der Waals surface area contributed by atoms with Crippen LogP contribution in [0.3, 0.4) is 0 Å².